The topological polar surface area (TPSA) is 64.7 Å². The molecule has 0 saturated heterocycles. The van der Waals surface area contributed by atoms with Crippen LogP contribution in [0.4, 0.5) is 0 Å². The smallest absolute Gasteiger partial charge is 0.131 e. The number of aromatic hydroxyl groups is 1. The van der Waals surface area contributed by atoms with Crippen LogP contribution in [-0.2, 0) is 0 Å². The molecule has 0 bridgehead atoms. The first kappa shape index (κ1) is 11.1. The van der Waals surface area contributed by atoms with Gasteiger partial charge >= 0.3 is 0 Å². The second-order valence-corrected chi connectivity index (χ2v) is 4.13. The molecule has 0 spiro atoms. The van der Waals surface area contributed by atoms with Crippen molar-refractivity contribution in [1.82, 2.24) is 0 Å². The molecule has 2 rings (SSSR count). The van der Waals surface area contributed by atoms with Gasteiger partial charge in [0.05, 0.1) is 19.8 Å². The predicted molar refractivity (Wildman–Crippen MR) is 60.9 cm³/mol. The molecule has 1 aromatic rings. The highest BCUT2D eigenvalue weighted by Gasteiger charge is 2.33. The number of hydrogen-bond donors (Lipinski definition) is 2. The summed E-state index contributed by atoms with van der Waals surface area (Å²) < 4.78 is 10.5. The Morgan fingerprint density at radius 3 is 2.12 bits per heavy atom. The van der Waals surface area contributed by atoms with Crippen molar-refractivity contribution in [3.8, 4) is 17.2 Å². The summed E-state index contributed by atoms with van der Waals surface area (Å²) in [6.07, 6.45) is 2.29. The number of ether oxygens (including phenoxy) is 2. The van der Waals surface area contributed by atoms with E-state index < -0.39 is 0 Å². The van der Waals surface area contributed by atoms with E-state index >= 15 is 0 Å². The number of rotatable bonds is 4. The molecule has 4 nitrogen and oxygen atoms in total. The van der Waals surface area contributed by atoms with Crippen molar-refractivity contribution in [2.24, 2.45) is 11.7 Å². The zero-order valence-electron chi connectivity index (χ0n) is 9.56. The van der Waals surface area contributed by atoms with Crippen LogP contribution in [0.3, 0.4) is 0 Å². The van der Waals surface area contributed by atoms with Crippen molar-refractivity contribution in [2.75, 3.05) is 14.2 Å². The first-order valence-corrected chi connectivity index (χ1v) is 5.37. The van der Waals surface area contributed by atoms with Crippen LogP contribution in [0, 0.1) is 5.92 Å². The second-order valence-electron chi connectivity index (χ2n) is 4.13. The van der Waals surface area contributed by atoms with Gasteiger partial charge < -0.3 is 20.3 Å². The van der Waals surface area contributed by atoms with Crippen LogP contribution in [0.25, 0.3) is 0 Å². The number of methoxy groups -OCH3 is 2. The second kappa shape index (κ2) is 4.22. The summed E-state index contributed by atoms with van der Waals surface area (Å²) in [6, 6.07) is 3.06. The molecule has 0 unspecified atom stereocenters. The third-order valence-electron chi connectivity index (χ3n) is 2.99. The van der Waals surface area contributed by atoms with E-state index in [2.05, 4.69) is 0 Å². The summed E-state index contributed by atoms with van der Waals surface area (Å²) in [5, 5.41) is 9.52. The highest BCUT2D eigenvalue weighted by atomic mass is 16.5. The minimum Gasteiger partial charge on any atom is -0.508 e. The molecule has 1 aliphatic carbocycles. The third kappa shape index (κ3) is 1.93. The molecule has 0 heterocycles. The highest BCUT2D eigenvalue weighted by Crippen LogP contribution is 2.46. The van der Waals surface area contributed by atoms with Gasteiger partial charge in [0, 0.05) is 18.2 Å². The first-order valence-electron chi connectivity index (χ1n) is 5.37. The number of phenolic OH excluding ortho intramolecular Hbond substituents is 1. The molecule has 1 fully saturated rings. The standard InChI is InChI=1S/C12H17NO3/c1-15-9-5-8(14)6-10(16-2)11(9)12(13)7-3-4-7/h5-7,12,14H,3-4,13H2,1-2H3/t12-/m1/s1. The Morgan fingerprint density at radius 2 is 1.75 bits per heavy atom. The number of hydrogen-bond acceptors (Lipinski definition) is 4. The minimum absolute atomic E-state index is 0.0782. The van der Waals surface area contributed by atoms with E-state index in [-0.39, 0.29) is 11.8 Å². The molecular weight excluding hydrogens is 206 g/mol. The van der Waals surface area contributed by atoms with Gasteiger partial charge in [0.1, 0.15) is 17.2 Å². The highest BCUT2D eigenvalue weighted by molar-refractivity contribution is 5.52. The van der Waals surface area contributed by atoms with Gasteiger partial charge in [0.25, 0.3) is 0 Å². The van der Waals surface area contributed by atoms with Crippen LogP contribution in [0.1, 0.15) is 24.4 Å². The summed E-state index contributed by atoms with van der Waals surface area (Å²) >= 11 is 0. The van der Waals surface area contributed by atoms with E-state index in [1.54, 1.807) is 26.4 Å². The molecule has 1 aliphatic rings. The molecule has 1 saturated carbocycles. The van der Waals surface area contributed by atoms with Crippen molar-refractivity contribution >= 4 is 0 Å². The fourth-order valence-corrected chi connectivity index (χ4v) is 1.94. The maximum atomic E-state index is 9.52. The molecule has 0 aromatic heterocycles. The van der Waals surface area contributed by atoms with Crippen molar-refractivity contribution in [3.63, 3.8) is 0 Å². The summed E-state index contributed by atoms with van der Waals surface area (Å²) in [4.78, 5) is 0. The van der Waals surface area contributed by atoms with Crippen molar-refractivity contribution in [2.45, 2.75) is 18.9 Å². The Kier molecular flexibility index (Phi) is 2.92. The zero-order chi connectivity index (χ0) is 11.7. The normalized spacial score (nSPS) is 16.9. The Balaban J connectivity index is 2.45. The molecule has 16 heavy (non-hydrogen) atoms. The summed E-state index contributed by atoms with van der Waals surface area (Å²) in [7, 11) is 3.13. The van der Waals surface area contributed by atoms with Crippen LogP contribution in [0.2, 0.25) is 0 Å². The molecule has 88 valence electrons. The Labute approximate surface area is 95.0 Å². The zero-order valence-corrected chi connectivity index (χ0v) is 9.56. The van der Waals surface area contributed by atoms with Crippen LogP contribution < -0.4 is 15.2 Å². The van der Waals surface area contributed by atoms with Gasteiger partial charge in [-0.1, -0.05) is 0 Å². The lowest BCUT2D eigenvalue weighted by atomic mass is 10.0. The van der Waals surface area contributed by atoms with Crippen LogP contribution in [-0.4, -0.2) is 19.3 Å². The molecular formula is C12H17NO3. The fraction of sp³-hybridized carbons (Fsp3) is 0.500. The van der Waals surface area contributed by atoms with Gasteiger partial charge in [-0.15, -0.1) is 0 Å². The molecule has 0 radical (unpaired) electrons. The van der Waals surface area contributed by atoms with E-state index in [4.69, 9.17) is 15.2 Å². The quantitative estimate of drug-likeness (QED) is 0.817. The molecule has 1 aromatic carbocycles. The van der Waals surface area contributed by atoms with Crippen LogP contribution >= 0.6 is 0 Å². The van der Waals surface area contributed by atoms with E-state index in [1.165, 1.54) is 0 Å². The van der Waals surface area contributed by atoms with E-state index in [1.807, 2.05) is 0 Å². The average molecular weight is 223 g/mol. The molecule has 3 N–H and O–H groups in total. The lowest BCUT2D eigenvalue weighted by molar-refractivity contribution is 0.367. The summed E-state index contributed by atoms with van der Waals surface area (Å²) in [5.74, 6) is 1.82. The Morgan fingerprint density at radius 1 is 1.25 bits per heavy atom. The maximum absolute atomic E-state index is 9.52. The van der Waals surface area contributed by atoms with E-state index in [0.29, 0.717) is 17.4 Å². The van der Waals surface area contributed by atoms with E-state index in [0.717, 1.165) is 18.4 Å². The predicted octanol–water partition coefficient (Wildman–Crippen LogP) is 1.82. The number of benzene rings is 1. The lowest BCUT2D eigenvalue weighted by Gasteiger charge is -2.18. The SMILES string of the molecule is COc1cc(O)cc(OC)c1[C@H](N)C1CC1. The van der Waals surface area contributed by atoms with Crippen molar-refractivity contribution in [1.29, 1.82) is 0 Å². The van der Waals surface area contributed by atoms with Gasteiger partial charge in [0.15, 0.2) is 0 Å². The van der Waals surface area contributed by atoms with Crippen molar-refractivity contribution < 1.29 is 14.6 Å². The Hall–Kier alpha value is -1.42. The van der Waals surface area contributed by atoms with Gasteiger partial charge in [-0.05, 0) is 18.8 Å². The Bertz CT molecular complexity index is 363. The monoisotopic (exact) mass is 223 g/mol. The molecule has 0 aliphatic heterocycles. The first-order chi connectivity index (χ1) is 7.67. The minimum atomic E-state index is -0.0782. The maximum Gasteiger partial charge on any atom is 0.131 e. The van der Waals surface area contributed by atoms with Gasteiger partial charge in [0.2, 0.25) is 0 Å². The molecule has 0 amide bonds. The summed E-state index contributed by atoms with van der Waals surface area (Å²) in [6.45, 7) is 0. The fourth-order valence-electron chi connectivity index (χ4n) is 1.94. The average Bonchev–Trinajstić information content (AvgIpc) is 3.10. The van der Waals surface area contributed by atoms with Crippen molar-refractivity contribution in [3.05, 3.63) is 17.7 Å². The summed E-state index contributed by atoms with van der Waals surface area (Å²) in [5.41, 5.74) is 7.01. The molecule has 4 heteroatoms. The van der Waals surface area contributed by atoms with E-state index in [9.17, 15) is 5.11 Å². The third-order valence-corrected chi connectivity index (χ3v) is 2.99. The number of nitrogens with two attached hydrogens (primary N) is 1. The largest absolute Gasteiger partial charge is 0.508 e. The lowest BCUT2D eigenvalue weighted by Crippen LogP contribution is -2.14. The van der Waals surface area contributed by atoms with Crippen LogP contribution in [0.15, 0.2) is 12.1 Å². The van der Waals surface area contributed by atoms with Gasteiger partial charge in [-0.2, -0.15) is 0 Å². The van der Waals surface area contributed by atoms with Gasteiger partial charge in [-0.3, -0.25) is 0 Å². The van der Waals surface area contributed by atoms with Crippen LogP contribution in [0.5, 0.6) is 17.2 Å². The van der Waals surface area contributed by atoms with Gasteiger partial charge in [-0.25, -0.2) is 0 Å². The molecule has 1 atom stereocenters. The number of phenols is 1.